The molecule has 0 atom stereocenters. The maximum atomic E-state index is 11.2. The van der Waals surface area contributed by atoms with E-state index in [0.717, 1.165) is 18.8 Å². The molecule has 0 heterocycles. The lowest BCUT2D eigenvalue weighted by atomic mass is 10.1. The summed E-state index contributed by atoms with van der Waals surface area (Å²) in [7, 11) is 0. The topological polar surface area (TPSA) is 26.3 Å². The van der Waals surface area contributed by atoms with Crippen LogP contribution in [0.1, 0.15) is 53.4 Å². The fourth-order valence-corrected chi connectivity index (χ4v) is 1.15. The van der Waals surface area contributed by atoms with Gasteiger partial charge in [0.1, 0.15) is 0 Å². The summed E-state index contributed by atoms with van der Waals surface area (Å²) in [6.07, 6.45) is 3.89. The van der Waals surface area contributed by atoms with Gasteiger partial charge in [-0.2, -0.15) is 0 Å². The third-order valence-electron chi connectivity index (χ3n) is 1.99. The first-order chi connectivity index (χ1) is 6.52. The van der Waals surface area contributed by atoms with Crippen LogP contribution in [-0.2, 0) is 9.53 Å². The van der Waals surface area contributed by atoms with Gasteiger partial charge < -0.3 is 4.74 Å². The van der Waals surface area contributed by atoms with Crippen molar-refractivity contribution in [3.63, 3.8) is 0 Å². The molecule has 0 aliphatic carbocycles. The number of rotatable bonds is 7. The molecule has 0 rings (SSSR count). The molecule has 0 aliphatic rings. The molecule has 0 saturated heterocycles. The molecule has 0 amide bonds. The molecule has 0 aliphatic heterocycles. The summed E-state index contributed by atoms with van der Waals surface area (Å²) in [4.78, 5) is 11.2. The number of unbranched alkanes of at least 4 members (excludes halogenated alkanes) is 1. The average molecular weight is 200 g/mol. The Hall–Kier alpha value is -0.530. The first kappa shape index (κ1) is 13.5. The van der Waals surface area contributed by atoms with E-state index in [2.05, 4.69) is 13.8 Å². The van der Waals surface area contributed by atoms with Crippen LogP contribution in [0, 0.1) is 11.8 Å². The van der Waals surface area contributed by atoms with Gasteiger partial charge in [-0.15, -0.1) is 0 Å². The van der Waals surface area contributed by atoms with Crippen LogP contribution in [0.3, 0.4) is 0 Å². The molecule has 0 saturated carbocycles. The molecule has 0 bridgehead atoms. The van der Waals surface area contributed by atoms with E-state index in [9.17, 15) is 4.79 Å². The zero-order valence-corrected chi connectivity index (χ0v) is 10.0. The van der Waals surface area contributed by atoms with Crippen LogP contribution in [0.5, 0.6) is 0 Å². The van der Waals surface area contributed by atoms with Crippen molar-refractivity contribution < 1.29 is 9.53 Å². The summed E-state index contributed by atoms with van der Waals surface area (Å²) in [6, 6.07) is 0. The van der Waals surface area contributed by atoms with Crippen molar-refractivity contribution in [2.45, 2.75) is 53.4 Å². The van der Waals surface area contributed by atoms with E-state index in [1.165, 1.54) is 6.42 Å². The van der Waals surface area contributed by atoms with Crippen LogP contribution < -0.4 is 0 Å². The van der Waals surface area contributed by atoms with Crippen molar-refractivity contribution in [2.75, 3.05) is 6.61 Å². The molecule has 0 fully saturated rings. The number of esters is 1. The Balaban J connectivity index is 3.27. The molecular weight excluding hydrogens is 176 g/mol. The van der Waals surface area contributed by atoms with Gasteiger partial charge in [-0.1, -0.05) is 40.5 Å². The zero-order chi connectivity index (χ0) is 11.0. The minimum absolute atomic E-state index is 0.0394. The molecule has 0 aromatic rings. The smallest absolute Gasteiger partial charge is 0.305 e. The quantitative estimate of drug-likeness (QED) is 0.465. The molecule has 0 spiro atoms. The van der Waals surface area contributed by atoms with Gasteiger partial charge in [0.2, 0.25) is 0 Å². The van der Waals surface area contributed by atoms with Crippen LogP contribution in [-0.4, -0.2) is 12.6 Å². The second kappa shape index (κ2) is 7.84. The minimum Gasteiger partial charge on any atom is -0.465 e. The number of carbonyl (C=O) groups excluding carboxylic acids is 1. The van der Waals surface area contributed by atoms with E-state index < -0.39 is 0 Å². The molecule has 14 heavy (non-hydrogen) atoms. The van der Waals surface area contributed by atoms with Crippen molar-refractivity contribution in [3.05, 3.63) is 0 Å². The van der Waals surface area contributed by atoms with E-state index in [-0.39, 0.29) is 5.97 Å². The summed E-state index contributed by atoms with van der Waals surface area (Å²) in [5, 5.41) is 0. The van der Waals surface area contributed by atoms with E-state index >= 15 is 0 Å². The Morgan fingerprint density at radius 3 is 2.21 bits per heavy atom. The first-order valence-electron chi connectivity index (χ1n) is 5.68. The van der Waals surface area contributed by atoms with Crippen LogP contribution in [0.15, 0.2) is 0 Å². The maximum absolute atomic E-state index is 11.2. The number of carbonyl (C=O) groups is 1. The van der Waals surface area contributed by atoms with Crippen molar-refractivity contribution in [1.82, 2.24) is 0 Å². The molecule has 0 radical (unpaired) electrons. The fraction of sp³-hybridized carbons (Fsp3) is 0.917. The number of hydrogen-bond acceptors (Lipinski definition) is 2. The molecule has 0 unspecified atom stereocenters. The second-order valence-corrected chi connectivity index (χ2v) is 4.72. The Morgan fingerprint density at radius 1 is 1.07 bits per heavy atom. The van der Waals surface area contributed by atoms with Gasteiger partial charge in [0.25, 0.3) is 0 Å². The Labute approximate surface area is 88.0 Å². The van der Waals surface area contributed by atoms with Crippen molar-refractivity contribution in [2.24, 2.45) is 11.8 Å². The minimum atomic E-state index is -0.0394. The number of hydrogen-bond donors (Lipinski definition) is 0. The van der Waals surface area contributed by atoms with Crippen LogP contribution >= 0.6 is 0 Å². The third-order valence-corrected chi connectivity index (χ3v) is 1.99. The predicted octanol–water partition coefficient (Wildman–Crippen LogP) is 3.40. The SMILES string of the molecule is CC(C)CCCCC(=O)OCC(C)C. The van der Waals surface area contributed by atoms with E-state index in [1.54, 1.807) is 0 Å². The maximum Gasteiger partial charge on any atom is 0.305 e. The Morgan fingerprint density at radius 2 is 1.71 bits per heavy atom. The summed E-state index contributed by atoms with van der Waals surface area (Å²) in [6.45, 7) is 9.06. The Bertz CT molecular complexity index is 150. The van der Waals surface area contributed by atoms with Crippen LogP contribution in [0.25, 0.3) is 0 Å². The fourth-order valence-electron chi connectivity index (χ4n) is 1.15. The van der Waals surface area contributed by atoms with Gasteiger partial charge >= 0.3 is 5.97 Å². The highest BCUT2D eigenvalue weighted by atomic mass is 16.5. The van der Waals surface area contributed by atoms with E-state index in [1.807, 2.05) is 13.8 Å². The van der Waals surface area contributed by atoms with Crippen molar-refractivity contribution >= 4 is 5.97 Å². The highest BCUT2D eigenvalue weighted by Crippen LogP contribution is 2.08. The predicted molar refractivity (Wildman–Crippen MR) is 59.1 cm³/mol. The normalized spacial score (nSPS) is 11.0. The molecular formula is C12H24O2. The summed E-state index contributed by atoms with van der Waals surface area (Å²) in [5.41, 5.74) is 0. The highest BCUT2D eigenvalue weighted by Gasteiger charge is 2.04. The lowest BCUT2D eigenvalue weighted by Crippen LogP contribution is -2.09. The van der Waals surface area contributed by atoms with Gasteiger partial charge in [-0.05, 0) is 18.3 Å². The molecule has 2 nitrogen and oxygen atoms in total. The van der Waals surface area contributed by atoms with Crippen LogP contribution in [0.2, 0.25) is 0 Å². The van der Waals surface area contributed by atoms with E-state index in [0.29, 0.717) is 18.9 Å². The molecule has 0 aromatic heterocycles. The molecule has 0 aromatic carbocycles. The van der Waals surface area contributed by atoms with Gasteiger partial charge in [-0.25, -0.2) is 0 Å². The van der Waals surface area contributed by atoms with Gasteiger partial charge in [0.05, 0.1) is 6.61 Å². The van der Waals surface area contributed by atoms with Gasteiger partial charge in [0, 0.05) is 6.42 Å². The second-order valence-electron chi connectivity index (χ2n) is 4.72. The number of ether oxygens (including phenoxy) is 1. The first-order valence-corrected chi connectivity index (χ1v) is 5.68. The molecule has 0 N–H and O–H groups in total. The van der Waals surface area contributed by atoms with E-state index in [4.69, 9.17) is 4.74 Å². The van der Waals surface area contributed by atoms with Crippen LogP contribution in [0.4, 0.5) is 0 Å². The third kappa shape index (κ3) is 9.56. The zero-order valence-electron chi connectivity index (χ0n) is 10.0. The lowest BCUT2D eigenvalue weighted by Gasteiger charge is -2.07. The van der Waals surface area contributed by atoms with Gasteiger partial charge in [0.15, 0.2) is 0 Å². The summed E-state index contributed by atoms with van der Waals surface area (Å²) >= 11 is 0. The van der Waals surface area contributed by atoms with Gasteiger partial charge in [-0.3, -0.25) is 4.79 Å². The lowest BCUT2D eigenvalue weighted by molar-refractivity contribution is -0.144. The summed E-state index contributed by atoms with van der Waals surface area (Å²) in [5.74, 6) is 1.14. The average Bonchev–Trinajstić information content (AvgIpc) is 2.08. The standard InChI is InChI=1S/C12H24O2/c1-10(2)7-5-6-8-12(13)14-9-11(3)4/h10-11H,5-9H2,1-4H3. The van der Waals surface area contributed by atoms with Crippen molar-refractivity contribution in [1.29, 1.82) is 0 Å². The molecule has 84 valence electrons. The highest BCUT2D eigenvalue weighted by molar-refractivity contribution is 5.69. The Kier molecular flexibility index (Phi) is 7.54. The monoisotopic (exact) mass is 200 g/mol. The molecule has 2 heteroatoms. The largest absolute Gasteiger partial charge is 0.465 e. The van der Waals surface area contributed by atoms with Crippen molar-refractivity contribution in [3.8, 4) is 0 Å². The summed E-state index contributed by atoms with van der Waals surface area (Å²) < 4.78 is 5.07.